The number of benzene rings is 3. The SMILES string of the molecule is Cc1ccc(C(=O)Nc2ccccc2[C@H]2SCC(=O)N2c2ccccc2C(C)C)cc1. The molecule has 1 heterocycles. The summed E-state index contributed by atoms with van der Waals surface area (Å²) in [6, 6.07) is 23.3. The van der Waals surface area contributed by atoms with E-state index in [2.05, 4.69) is 25.2 Å². The molecule has 31 heavy (non-hydrogen) atoms. The van der Waals surface area contributed by atoms with Crippen LogP contribution in [-0.4, -0.2) is 17.6 Å². The average molecular weight is 431 g/mol. The van der Waals surface area contributed by atoms with Crippen molar-refractivity contribution in [3.8, 4) is 0 Å². The van der Waals surface area contributed by atoms with Crippen molar-refractivity contribution < 1.29 is 9.59 Å². The Labute approximate surface area is 187 Å². The third-order valence-corrected chi connectivity index (χ3v) is 6.67. The third kappa shape index (κ3) is 4.37. The molecule has 3 aromatic rings. The lowest BCUT2D eigenvalue weighted by molar-refractivity contribution is -0.115. The van der Waals surface area contributed by atoms with Gasteiger partial charge in [-0.05, 0) is 42.7 Å². The second-order valence-corrected chi connectivity index (χ2v) is 9.12. The van der Waals surface area contributed by atoms with E-state index in [0.29, 0.717) is 17.2 Å². The van der Waals surface area contributed by atoms with Gasteiger partial charge in [0.2, 0.25) is 5.91 Å². The van der Waals surface area contributed by atoms with Crippen molar-refractivity contribution in [2.45, 2.75) is 32.1 Å². The Morgan fingerprint density at radius 2 is 1.68 bits per heavy atom. The van der Waals surface area contributed by atoms with E-state index in [0.717, 1.165) is 28.1 Å². The Bertz CT molecular complexity index is 1110. The molecule has 1 N–H and O–H groups in total. The summed E-state index contributed by atoms with van der Waals surface area (Å²) >= 11 is 1.59. The minimum atomic E-state index is -0.193. The summed E-state index contributed by atoms with van der Waals surface area (Å²) < 4.78 is 0. The van der Waals surface area contributed by atoms with Crippen LogP contribution in [0.5, 0.6) is 0 Å². The molecule has 0 aromatic heterocycles. The van der Waals surface area contributed by atoms with Crippen molar-refractivity contribution in [1.82, 2.24) is 0 Å². The monoisotopic (exact) mass is 430 g/mol. The van der Waals surface area contributed by atoms with Crippen molar-refractivity contribution in [2.24, 2.45) is 0 Å². The fourth-order valence-electron chi connectivity index (χ4n) is 3.84. The lowest BCUT2D eigenvalue weighted by Gasteiger charge is -2.29. The topological polar surface area (TPSA) is 49.4 Å². The third-order valence-electron chi connectivity index (χ3n) is 5.47. The molecule has 0 spiro atoms. The predicted octanol–water partition coefficient (Wildman–Crippen LogP) is 6.15. The summed E-state index contributed by atoms with van der Waals surface area (Å²) in [4.78, 5) is 27.7. The zero-order valence-electron chi connectivity index (χ0n) is 18.0. The second kappa shape index (κ2) is 8.98. The van der Waals surface area contributed by atoms with Crippen LogP contribution in [-0.2, 0) is 4.79 Å². The van der Waals surface area contributed by atoms with E-state index in [1.807, 2.05) is 78.6 Å². The zero-order valence-corrected chi connectivity index (χ0v) is 18.8. The smallest absolute Gasteiger partial charge is 0.255 e. The molecular formula is C26H26N2O2S. The van der Waals surface area contributed by atoms with Crippen LogP contribution >= 0.6 is 11.8 Å². The molecule has 1 aliphatic heterocycles. The van der Waals surface area contributed by atoms with E-state index in [-0.39, 0.29) is 17.2 Å². The maximum Gasteiger partial charge on any atom is 0.255 e. The van der Waals surface area contributed by atoms with Crippen LogP contribution in [0.3, 0.4) is 0 Å². The molecule has 4 nitrogen and oxygen atoms in total. The molecule has 1 fully saturated rings. The Morgan fingerprint density at radius 1 is 1.00 bits per heavy atom. The first-order valence-corrected chi connectivity index (χ1v) is 11.5. The maximum atomic E-state index is 12.9. The average Bonchev–Trinajstić information content (AvgIpc) is 3.15. The van der Waals surface area contributed by atoms with E-state index >= 15 is 0 Å². The standard InChI is InChI=1S/C26H26N2O2S/c1-17(2)20-8-5-7-11-23(20)28-24(29)16-31-26(28)21-9-4-6-10-22(21)27-25(30)19-14-12-18(3)13-15-19/h4-15,17,26H,16H2,1-3H3,(H,27,30)/t26-/m1/s1. The van der Waals surface area contributed by atoms with Crippen LogP contribution in [0.15, 0.2) is 72.8 Å². The van der Waals surface area contributed by atoms with Crippen LogP contribution in [0.25, 0.3) is 0 Å². The second-order valence-electron chi connectivity index (χ2n) is 8.05. The van der Waals surface area contributed by atoms with Crippen molar-refractivity contribution in [1.29, 1.82) is 0 Å². The summed E-state index contributed by atoms with van der Waals surface area (Å²) in [6.45, 7) is 6.27. The first-order valence-electron chi connectivity index (χ1n) is 10.4. The van der Waals surface area contributed by atoms with Crippen molar-refractivity contribution in [3.05, 3.63) is 95.1 Å². The summed E-state index contributed by atoms with van der Waals surface area (Å²) in [6.07, 6.45) is 0. The number of aryl methyl sites for hydroxylation is 1. The van der Waals surface area contributed by atoms with Gasteiger partial charge in [0.15, 0.2) is 0 Å². The fraction of sp³-hybridized carbons (Fsp3) is 0.231. The number of thioether (sulfide) groups is 1. The normalized spacial score (nSPS) is 16.1. The van der Waals surface area contributed by atoms with Gasteiger partial charge in [0.25, 0.3) is 5.91 Å². The van der Waals surface area contributed by atoms with Gasteiger partial charge < -0.3 is 5.32 Å². The highest BCUT2D eigenvalue weighted by molar-refractivity contribution is 8.00. The Hall–Kier alpha value is -3.05. The molecule has 1 atom stereocenters. The van der Waals surface area contributed by atoms with Gasteiger partial charge in [0.05, 0.1) is 5.75 Å². The quantitative estimate of drug-likeness (QED) is 0.528. The van der Waals surface area contributed by atoms with E-state index in [1.54, 1.807) is 11.8 Å². The molecule has 5 heteroatoms. The molecule has 4 rings (SSSR count). The van der Waals surface area contributed by atoms with Gasteiger partial charge in [-0.1, -0.05) is 67.9 Å². The number of anilines is 2. The number of hydrogen-bond acceptors (Lipinski definition) is 3. The maximum absolute atomic E-state index is 12.9. The van der Waals surface area contributed by atoms with Gasteiger partial charge in [-0.2, -0.15) is 0 Å². The van der Waals surface area contributed by atoms with Gasteiger partial charge in [-0.15, -0.1) is 11.8 Å². The number of carbonyl (C=O) groups is 2. The molecule has 0 saturated carbocycles. The first kappa shape index (κ1) is 21.2. The minimum absolute atomic E-state index is 0.0859. The van der Waals surface area contributed by atoms with Crippen LogP contribution < -0.4 is 10.2 Å². The first-order chi connectivity index (χ1) is 15.0. The highest BCUT2D eigenvalue weighted by Gasteiger charge is 2.36. The van der Waals surface area contributed by atoms with Crippen LogP contribution in [0.4, 0.5) is 11.4 Å². The lowest BCUT2D eigenvalue weighted by Crippen LogP contribution is -2.29. The van der Waals surface area contributed by atoms with E-state index in [9.17, 15) is 9.59 Å². The number of carbonyl (C=O) groups excluding carboxylic acids is 2. The molecule has 0 unspecified atom stereocenters. The number of rotatable bonds is 5. The number of para-hydroxylation sites is 2. The lowest BCUT2D eigenvalue weighted by atomic mass is 10.00. The molecule has 1 aliphatic rings. The van der Waals surface area contributed by atoms with Gasteiger partial charge >= 0.3 is 0 Å². The van der Waals surface area contributed by atoms with Crippen molar-refractivity contribution in [3.63, 3.8) is 0 Å². The van der Waals surface area contributed by atoms with Gasteiger partial charge in [-0.3, -0.25) is 14.5 Å². The van der Waals surface area contributed by atoms with Crippen LogP contribution in [0.1, 0.15) is 52.2 Å². The van der Waals surface area contributed by atoms with Crippen molar-refractivity contribution in [2.75, 3.05) is 16.0 Å². The Balaban J connectivity index is 1.69. The number of hydrogen-bond donors (Lipinski definition) is 1. The molecule has 1 saturated heterocycles. The number of nitrogens with one attached hydrogen (secondary N) is 1. The Kier molecular flexibility index (Phi) is 6.14. The van der Waals surface area contributed by atoms with Crippen molar-refractivity contribution >= 4 is 35.0 Å². The van der Waals surface area contributed by atoms with E-state index < -0.39 is 0 Å². The van der Waals surface area contributed by atoms with E-state index in [4.69, 9.17) is 0 Å². The molecular weight excluding hydrogens is 404 g/mol. The van der Waals surface area contributed by atoms with Gasteiger partial charge in [-0.25, -0.2) is 0 Å². The summed E-state index contributed by atoms with van der Waals surface area (Å²) in [5.74, 6) is 0.641. The highest BCUT2D eigenvalue weighted by atomic mass is 32.2. The summed E-state index contributed by atoms with van der Waals surface area (Å²) in [5.41, 5.74) is 5.46. The number of amides is 2. The summed E-state index contributed by atoms with van der Waals surface area (Å²) in [5, 5.41) is 2.86. The fourth-order valence-corrected chi connectivity index (χ4v) is 5.04. The van der Waals surface area contributed by atoms with Gasteiger partial charge in [0, 0.05) is 22.5 Å². The molecule has 0 aliphatic carbocycles. The van der Waals surface area contributed by atoms with Gasteiger partial charge in [0.1, 0.15) is 5.37 Å². The predicted molar refractivity (Wildman–Crippen MR) is 129 cm³/mol. The van der Waals surface area contributed by atoms with Crippen LogP contribution in [0, 0.1) is 6.92 Å². The zero-order chi connectivity index (χ0) is 22.0. The highest BCUT2D eigenvalue weighted by Crippen LogP contribution is 2.46. The van der Waals surface area contributed by atoms with Crippen LogP contribution in [0.2, 0.25) is 0 Å². The van der Waals surface area contributed by atoms with E-state index in [1.165, 1.54) is 0 Å². The molecule has 0 radical (unpaired) electrons. The molecule has 0 bridgehead atoms. The molecule has 2 amide bonds. The molecule has 158 valence electrons. The minimum Gasteiger partial charge on any atom is -0.322 e. The number of nitrogens with zero attached hydrogens (tertiary/aromatic N) is 1. The largest absolute Gasteiger partial charge is 0.322 e. The Morgan fingerprint density at radius 3 is 2.42 bits per heavy atom. The molecule has 3 aromatic carbocycles. The summed E-state index contributed by atoms with van der Waals surface area (Å²) in [7, 11) is 0.